The number of carbonyl (C=O) groups is 1. The first-order valence-corrected chi connectivity index (χ1v) is 10.3. The van der Waals surface area contributed by atoms with Gasteiger partial charge in [-0.15, -0.1) is 0 Å². The summed E-state index contributed by atoms with van der Waals surface area (Å²) in [6, 6.07) is 0.0270. The lowest BCUT2D eigenvalue weighted by atomic mass is 9.89. The van der Waals surface area contributed by atoms with Crippen molar-refractivity contribution >= 4 is 39.8 Å². The highest BCUT2D eigenvalue weighted by molar-refractivity contribution is 8.16. The molecule has 0 amide bonds. The van der Waals surface area contributed by atoms with E-state index in [-0.39, 0.29) is 17.9 Å². The van der Waals surface area contributed by atoms with Crippen LogP contribution in [0.1, 0.15) is 13.3 Å². The maximum Gasteiger partial charge on any atom is 0.311 e. The van der Waals surface area contributed by atoms with Crippen LogP contribution in [0.5, 0.6) is 0 Å². The topological polar surface area (TPSA) is 54.3 Å². The van der Waals surface area contributed by atoms with Gasteiger partial charge in [0.15, 0.2) is 10.3 Å². The van der Waals surface area contributed by atoms with Crippen molar-refractivity contribution in [3.05, 3.63) is 12.2 Å². The van der Waals surface area contributed by atoms with Crippen LogP contribution in [-0.4, -0.2) is 58.4 Å². The monoisotopic (exact) mass is 351 g/mol. The number of thioether (sulfide) groups is 2. The largest absolute Gasteiger partial charge is 0.466 e. The maximum absolute atomic E-state index is 12.4. The van der Waals surface area contributed by atoms with Crippen LogP contribution in [0.25, 0.3) is 0 Å². The minimum absolute atomic E-state index is 0.0270. The van der Waals surface area contributed by atoms with Gasteiger partial charge in [-0.1, -0.05) is 35.7 Å². The molecule has 2 heterocycles. The molecule has 4 atom stereocenters. The van der Waals surface area contributed by atoms with E-state index in [0.29, 0.717) is 18.4 Å². The Labute approximate surface area is 145 Å². The zero-order valence-electron chi connectivity index (χ0n) is 13.2. The molecule has 2 fully saturated rings. The minimum atomic E-state index is -0.112. The summed E-state index contributed by atoms with van der Waals surface area (Å²) in [5, 5.41) is 2.14. The van der Waals surface area contributed by atoms with Gasteiger partial charge in [0.1, 0.15) is 0 Å². The Bertz CT molecular complexity index is 590. The van der Waals surface area contributed by atoms with Gasteiger partial charge in [0.05, 0.1) is 25.1 Å². The lowest BCUT2D eigenvalue weighted by molar-refractivity contribution is -0.149. The van der Waals surface area contributed by atoms with E-state index in [1.165, 1.54) is 0 Å². The maximum atomic E-state index is 12.4. The van der Waals surface area contributed by atoms with Crippen LogP contribution in [0, 0.1) is 17.8 Å². The number of carbonyl (C=O) groups excluding carboxylic acids is 1. The van der Waals surface area contributed by atoms with Gasteiger partial charge >= 0.3 is 5.97 Å². The second kappa shape index (κ2) is 6.51. The molecule has 0 aromatic rings. The van der Waals surface area contributed by atoms with Gasteiger partial charge in [-0.2, -0.15) is 0 Å². The zero-order chi connectivity index (χ0) is 15.8. The standard InChI is InChI=1S/C16H21N3O2S2/c1-2-21-14(20)12-10-3-4-11(9-10)13(12)18-16-19(6-8-23-16)15-17-5-7-22-15/h3-4,10-13H,2,5-9H2,1H3/t10-,11+,12+,13-/m0/s1. The summed E-state index contributed by atoms with van der Waals surface area (Å²) in [7, 11) is 0. The summed E-state index contributed by atoms with van der Waals surface area (Å²) < 4.78 is 5.31. The third-order valence-corrected chi connectivity index (χ3v) is 6.78. The highest BCUT2D eigenvalue weighted by atomic mass is 32.2. The van der Waals surface area contributed by atoms with Crippen molar-refractivity contribution in [1.82, 2.24) is 4.90 Å². The molecule has 0 spiro atoms. The molecule has 0 radical (unpaired) electrons. The second-order valence-corrected chi connectivity index (χ2v) is 8.27. The summed E-state index contributed by atoms with van der Waals surface area (Å²) in [5.74, 6) is 2.58. The fourth-order valence-electron chi connectivity index (χ4n) is 3.83. The lowest BCUT2D eigenvalue weighted by Gasteiger charge is -2.25. The second-order valence-electron chi connectivity index (χ2n) is 6.14. The van der Waals surface area contributed by atoms with Crippen molar-refractivity contribution in [1.29, 1.82) is 0 Å². The zero-order valence-corrected chi connectivity index (χ0v) is 14.8. The molecule has 124 valence electrons. The van der Waals surface area contributed by atoms with E-state index in [1.807, 2.05) is 18.7 Å². The molecular weight excluding hydrogens is 330 g/mol. The third-order valence-electron chi connectivity index (χ3n) is 4.81. The van der Waals surface area contributed by atoms with E-state index < -0.39 is 0 Å². The summed E-state index contributed by atoms with van der Waals surface area (Å²) >= 11 is 3.59. The Morgan fingerprint density at radius 2 is 2.26 bits per heavy atom. The smallest absolute Gasteiger partial charge is 0.311 e. The average Bonchev–Trinajstić information content (AvgIpc) is 3.31. The van der Waals surface area contributed by atoms with Crippen LogP contribution in [0.4, 0.5) is 0 Å². The molecule has 1 saturated heterocycles. The Morgan fingerprint density at radius 1 is 1.39 bits per heavy atom. The van der Waals surface area contributed by atoms with Crippen molar-refractivity contribution in [3.63, 3.8) is 0 Å². The van der Waals surface area contributed by atoms with E-state index in [9.17, 15) is 4.79 Å². The summed E-state index contributed by atoms with van der Waals surface area (Å²) in [6.45, 7) is 4.17. The third kappa shape index (κ3) is 2.82. The van der Waals surface area contributed by atoms with Gasteiger partial charge in [-0.05, 0) is 19.3 Å². The van der Waals surface area contributed by atoms with Crippen molar-refractivity contribution in [2.75, 3.05) is 31.2 Å². The van der Waals surface area contributed by atoms with Crippen LogP contribution in [-0.2, 0) is 9.53 Å². The van der Waals surface area contributed by atoms with Crippen LogP contribution >= 0.6 is 23.5 Å². The number of hydrogen-bond donors (Lipinski definition) is 0. The predicted molar refractivity (Wildman–Crippen MR) is 96.0 cm³/mol. The number of nitrogens with zero attached hydrogens (tertiary/aromatic N) is 3. The van der Waals surface area contributed by atoms with Gasteiger partial charge < -0.3 is 4.74 Å². The number of aliphatic imine (C=N–C) groups is 2. The van der Waals surface area contributed by atoms with Gasteiger partial charge in [-0.25, -0.2) is 0 Å². The van der Waals surface area contributed by atoms with Crippen molar-refractivity contribution in [2.24, 2.45) is 27.7 Å². The first-order valence-electron chi connectivity index (χ1n) is 8.28. The summed E-state index contributed by atoms with van der Waals surface area (Å²) in [6.07, 6.45) is 5.45. The van der Waals surface area contributed by atoms with Gasteiger partial charge in [0.25, 0.3) is 0 Å². The van der Waals surface area contributed by atoms with Gasteiger partial charge in [0, 0.05) is 24.0 Å². The summed E-state index contributed by atoms with van der Waals surface area (Å²) in [5.41, 5.74) is 0. The molecule has 7 heteroatoms. The number of hydrogen-bond acceptors (Lipinski definition) is 6. The lowest BCUT2D eigenvalue weighted by Crippen LogP contribution is -2.35. The number of allylic oxidation sites excluding steroid dienone is 1. The molecule has 5 nitrogen and oxygen atoms in total. The molecule has 0 N–H and O–H groups in total. The molecule has 1 saturated carbocycles. The molecule has 2 aliphatic heterocycles. The van der Waals surface area contributed by atoms with E-state index in [2.05, 4.69) is 22.0 Å². The Morgan fingerprint density at radius 3 is 3.04 bits per heavy atom. The summed E-state index contributed by atoms with van der Waals surface area (Å²) in [4.78, 5) is 24.2. The van der Waals surface area contributed by atoms with Crippen molar-refractivity contribution < 1.29 is 9.53 Å². The molecule has 4 aliphatic rings. The van der Waals surface area contributed by atoms with E-state index in [0.717, 1.165) is 41.4 Å². The normalized spacial score (nSPS) is 37.0. The van der Waals surface area contributed by atoms with Crippen molar-refractivity contribution in [2.45, 2.75) is 19.4 Å². The molecule has 2 aliphatic carbocycles. The first-order chi connectivity index (χ1) is 11.3. The van der Waals surface area contributed by atoms with Crippen LogP contribution in [0.2, 0.25) is 0 Å². The molecule has 2 bridgehead atoms. The number of amidine groups is 2. The Balaban J connectivity index is 1.58. The first kappa shape index (κ1) is 15.6. The minimum Gasteiger partial charge on any atom is -0.466 e. The predicted octanol–water partition coefficient (Wildman–Crippen LogP) is 2.25. The Kier molecular flexibility index (Phi) is 4.41. The van der Waals surface area contributed by atoms with Gasteiger partial charge in [-0.3, -0.25) is 19.7 Å². The Hall–Kier alpha value is -0.950. The molecule has 23 heavy (non-hydrogen) atoms. The number of ether oxygens (including phenoxy) is 1. The molecule has 0 aromatic carbocycles. The molecule has 0 unspecified atom stereocenters. The molecular formula is C16H21N3O2S2. The van der Waals surface area contributed by atoms with E-state index in [4.69, 9.17) is 9.73 Å². The number of rotatable bonds is 3. The highest BCUT2D eigenvalue weighted by Gasteiger charge is 2.49. The number of fused-ring (bicyclic) bond motifs is 2. The highest BCUT2D eigenvalue weighted by Crippen LogP contribution is 2.46. The van der Waals surface area contributed by atoms with E-state index in [1.54, 1.807) is 11.8 Å². The fourth-order valence-corrected chi connectivity index (χ4v) is 5.75. The number of esters is 1. The van der Waals surface area contributed by atoms with Crippen LogP contribution in [0.3, 0.4) is 0 Å². The van der Waals surface area contributed by atoms with Crippen LogP contribution < -0.4 is 0 Å². The van der Waals surface area contributed by atoms with Gasteiger partial charge in [0.2, 0.25) is 0 Å². The van der Waals surface area contributed by atoms with Crippen LogP contribution in [0.15, 0.2) is 22.1 Å². The molecule has 4 rings (SSSR count). The fraction of sp³-hybridized carbons (Fsp3) is 0.688. The van der Waals surface area contributed by atoms with Crippen molar-refractivity contribution in [3.8, 4) is 0 Å². The van der Waals surface area contributed by atoms with E-state index >= 15 is 0 Å². The molecule has 0 aromatic heterocycles. The SMILES string of the molecule is CCOC(=O)[C@H]1[C@@H](N=C2SCCN2C2=NCCS2)[C@@H]2C=C[C@H]1C2. The average molecular weight is 351 g/mol. The quantitative estimate of drug-likeness (QED) is 0.577.